The Morgan fingerprint density at radius 3 is 2.96 bits per heavy atom. The van der Waals surface area contributed by atoms with Gasteiger partial charge in [0.1, 0.15) is 18.1 Å². The van der Waals surface area contributed by atoms with Gasteiger partial charge in [-0.2, -0.15) is 4.98 Å². The molecule has 0 aliphatic carbocycles. The summed E-state index contributed by atoms with van der Waals surface area (Å²) in [6.45, 7) is 5.26. The van der Waals surface area contributed by atoms with Gasteiger partial charge < -0.3 is 14.8 Å². The highest BCUT2D eigenvalue weighted by atomic mass is 32.1. The first kappa shape index (κ1) is 15.5. The van der Waals surface area contributed by atoms with Crippen LogP contribution in [0.5, 0.6) is 11.5 Å². The molecule has 1 aliphatic heterocycles. The molecule has 0 spiro atoms. The molecule has 0 saturated carbocycles. The van der Waals surface area contributed by atoms with E-state index in [1.165, 1.54) is 15.9 Å². The predicted octanol–water partition coefficient (Wildman–Crippen LogP) is 1.12. The first-order valence-electron chi connectivity index (χ1n) is 7.26. The Balaban J connectivity index is 1.64. The van der Waals surface area contributed by atoms with Gasteiger partial charge in [0, 0.05) is 29.9 Å². The minimum Gasteiger partial charge on any atom is -0.485 e. The van der Waals surface area contributed by atoms with Crippen molar-refractivity contribution in [2.24, 2.45) is 0 Å². The zero-order chi connectivity index (χ0) is 16.4. The van der Waals surface area contributed by atoms with Crippen molar-refractivity contribution in [3.05, 3.63) is 38.2 Å². The fourth-order valence-corrected chi connectivity index (χ4v) is 3.27. The van der Waals surface area contributed by atoms with Crippen LogP contribution in [-0.2, 0) is 6.54 Å². The molecule has 23 heavy (non-hydrogen) atoms. The topological polar surface area (TPSA) is 82.5 Å². The van der Waals surface area contributed by atoms with Gasteiger partial charge in [-0.1, -0.05) is 0 Å². The maximum atomic E-state index is 12.3. The quantitative estimate of drug-likeness (QED) is 0.905. The lowest BCUT2D eigenvalue weighted by atomic mass is 10.3. The van der Waals surface area contributed by atoms with E-state index in [0.717, 1.165) is 5.69 Å². The number of hydrogen-bond acceptors (Lipinski definition) is 6. The Kier molecular flexibility index (Phi) is 4.33. The molecule has 7 nitrogen and oxygen atoms in total. The van der Waals surface area contributed by atoms with Crippen LogP contribution >= 0.6 is 11.3 Å². The van der Waals surface area contributed by atoms with Gasteiger partial charge in [0.2, 0.25) is 0 Å². The normalized spacial score (nSPS) is 13.0. The number of aromatic nitrogens is 2. The highest BCUT2D eigenvalue weighted by Crippen LogP contribution is 2.39. The Morgan fingerprint density at radius 2 is 2.17 bits per heavy atom. The van der Waals surface area contributed by atoms with Gasteiger partial charge in [0.25, 0.3) is 5.91 Å². The largest absolute Gasteiger partial charge is 0.485 e. The molecule has 2 aromatic heterocycles. The average molecular weight is 335 g/mol. The van der Waals surface area contributed by atoms with Gasteiger partial charge in [-0.3, -0.25) is 9.36 Å². The number of nitrogens with zero attached hydrogens (tertiary/aromatic N) is 2. The third-order valence-corrected chi connectivity index (χ3v) is 4.41. The number of amides is 1. The van der Waals surface area contributed by atoms with Crippen LogP contribution in [0, 0.1) is 13.8 Å². The molecule has 3 rings (SSSR count). The molecule has 1 aliphatic rings. The number of rotatable bonds is 4. The summed E-state index contributed by atoms with van der Waals surface area (Å²) >= 11 is 1.29. The van der Waals surface area contributed by atoms with Crippen molar-refractivity contribution >= 4 is 17.2 Å². The monoisotopic (exact) mass is 335 g/mol. The fourth-order valence-electron chi connectivity index (χ4n) is 2.43. The van der Waals surface area contributed by atoms with Crippen LogP contribution in [-0.4, -0.2) is 35.2 Å². The molecule has 0 aromatic carbocycles. The van der Waals surface area contributed by atoms with Crippen LogP contribution in [0.3, 0.4) is 0 Å². The number of aryl methyl sites for hydroxylation is 2. The van der Waals surface area contributed by atoms with Crippen LogP contribution in [0.15, 0.2) is 16.2 Å². The SMILES string of the molecule is Cc1cc(C)n(CCNC(=O)c2scc3c2OCCO3)c(=O)n1. The van der Waals surface area contributed by atoms with Gasteiger partial charge in [-0.15, -0.1) is 11.3 Å². The number of hydrogen-bond donors (Lipinski definition) is 1. The summed E-state index contributed by atoms with van der Waals surface area (Å²) in [5.74, 6) is 0.887. The van der Waals surface area contributed by atoms with E-state index in [0.29, 0.717) is 48.4 Å². The highest BCUT2D eigenvalue weighted by molar-refractivity contribution is 7.12. The van der Waals surface area contributed by atoms with Crippen molar-refractivity contribution in [2.45, 2.75) is 20.4 Å². The first-order chi connectivity index (χ1) is 11.1. The van der Waals surface area contributed by atoms with Crippen molar-refractivity contribution in [3.8, 4) is 11.5 Å². The third kappa shape index (κ3) is 3.21. The second kappa shape index (κ2) is 6.41. The smallest absolute Gasteiger partial charge is 0.348 e. The summed E-state index contributed by atoms with van der Waals surface area (Å²) in [4.78, 5) is 28.5. The van der Waals surface area contributed by atoms with E-state index in [9.17, 15) is 9.59 Å². The molecule has 8 heteroatoms. The minimum atomic E-state index is -0.304. The van der Waals surface area contributed by atoms with E-state index in [2.05, 4.69) is 10.3 Å². The molecule has 1 N–H and O–H groups in total. The molecular formula is C15H17N3O4S. The predicted molar refractivity (Wildman–Crippen MR) is 85.6 cm³/mol. The Morgan fingerprint density at radius 1 is 1.39 bits per heavy atom. The minimum absolute atomic E-state index is 0.229. The Bertz CT molecular complexity index is 797. The summed E-state index contributed by atoms with van der Waals surface area (Å²) < 4.78 is 12.5. The number of nitrogens with one attached hydrogen (secondary N) is 1. The fraction of sp³-hybridized carbons (Fsp3) is 0.400. The van der Waals surface area contributed by atoms with Crippen LogP contribution in [0.1, 0.15) is 21.1 Å². The lowest BCUT2D eigenvalue weighted by molar-refractivity contribution is 0.0947. The van der Waals surface area contributed by atoms with Gasteiger partial charge in [0.05, 0.1) is 0 Å². The summed E-state index contributed by atoms with van der Waals surface area (Å²) in [7, 11) is 0. The van der Waals surface area contributed by atoms with Crippen molar-refractivity contribution in [1.82, 2.24) is 14.9 Å². The zero-order valence-corrected chi connectivity index (χ0v) is 13.7. The average Bonchev–Trinajstić information content (AvgIpc) is 2.93. The zero-order valence-electron chi connectivity index (χ0n) is 12.9. The highest BCUT2D eigenvalue weighted by Gasteiger charge is 2.23. The van der Waals surface area contributed by atoms with Crippen molar-refractivity contribution < 1.29 is 14.3 Å². The van der Waals surface area contributed by atoms with Crippen LogP contribution in [0.25, 0.3) is 0 Å². The molecule has 0 radical (unpaired) electrons. The van der Waals surface area contributed by atoms with E-state index < -0.39 is 0 Å². The summed E-state index contributed by atoms with van der Waals surface area (Å²) in [5.41, 5.74) is 1.21. The third-order valence-electron chi connectivity index (χ3n) is 3.47. The van der Waals surface area contributed by atoms with Crippen molar-refractivity contribution in [3.63, 3.8) is 0 Å². The second-order valence-electron chi connectivity index (χ2n) is 5.18. The van der Waals surface area contributed by atoms with Crippen LogP contribution in [0.2, 0.25) is 0 Å². The molecule has 0 bridgehead atoms. The van der Waals surface area contributed by atoms with Crippen molar-refractivity contribution in [2.75, 3.05) is 19.8 Å². The molecule has 0 unspecified atom stereocenters. The maximum Gasteiger partial charge on any atom is 0.348 e. The molecule has 0 atom stereocenters. The van der Waals surface area contributed by atoms with E-state index >= 15 is 0 Å². The molecule has 0 saturated heterocycles. The van der Waals surface area contributed by atoms with Crippen LogP contribution in [0.4, 0.5) is 0 Å². The summed E-state index contributed by atoms with van der Waals surface area (Å²) in [6, 6.07) is 1.84. The number of carbonyl (C=O) groups is 1. The molecule has 3 heterocycles. The van der Waals surface area contributed by atoms with Gasteiger partial charge >= 0.3 is 5.69 Å². The second-order valence-corrected chi connectivity index (χ2v) is 6.06. The lowest BCUT2D eigenvalue weighted by Crippen LogP contribution is -2.33. The summed E-state index contributed by atoms with van der Waals surface area (Å²) in [5, 5.41) is 4.57. The van der Waals surface area contributed by atoms with Crippen molar-refractivity contribution in [1.29, 1.82) is 0 Å². The maximum absolute atomic E-state index is 12.3. The summed E-state index contributed by atoms with van der Waals surface area (Å²) in [6.07, 6.45) is 0. The van der Waals surface area contributed by atoms with E-state index in [-0.39, 0.29) is 11.6 Å². The number of thiophene rings is 1. The lowest BCUT2D eigenvalue weighted by Gasteiger charge is -2.16. The van der Waals surface area contributed by atoms with E-state index in [4.69, 9.17) is 9.47 Å². The molecule has 2 aromatic rings. The number of ether oxygens (including phenoxy) is 2. The first-order valence-corrected chi connectivity index (χ1v) is 8.14. The Labute approximate surface area is 136 Å². The molecular weight excluding hydrogens is 318 g/mol. The molecule has 0 fully saturated rings. The number of carbonyl (C=O) groups excluding carboxylic acids is 1. The van der Waals surface area contributed by atoms with Gasteiger partial charge in [-0.25, -0.2) is 4.79 Å². The number of fused-ring (bicyclic) bond motifs is 1. The standard InChI is InChI=1S/C15H17N3O4S/c1-9-7-10(2)18(15(20)17-9)4-3-16-14(19)13-12-11(8-23-13)21-5-6-22-12/h7-8H,3-6H2,1-2H3,(H,16,19). The molecule has 122 valence electrons. The van der Waals surface area contributed by atoms with E-state index in [1.54, 1.807) is 12.3 Å². The van der Waals surface area contributed by atoms with Gasteiger partial charge in [0.15, 0.2) is 11.5 Å². The van der Waals surface area contributed by atoms with Gasteiger partial charge in [-0.05, 0) is 19.9 Å². The van der Waals surface area contributed by atoms with E-state index in [1.807, 2.05) is 13.0 Å². The molecule has 1 amide bonds. The van der Waals surface area contributed by atoms with Crippen LogP contribution < -0.4 is 20.5 Å². The Hall–Kier alpha value is -2.35.